The lowest BCUT2D eigenvalue weighted by molar-refractivity contribution is -0.0367. The van der Waals surface area contributed by atoms with Crippen molar-refractivity contribution in [3.63, 3.8) is 0 Å². The molecule has 0 saturated heterocycles. The van der Waals surface area contributed by atoms with E-state index in [9.17, 15) is 0 Å². The Morgan fingerprint density at radius 1 is 1.36 bits per heavy atom. The van der Waals surface area contributed by atoms with Crippen LogP contribution in [0.1, 0.15) is 27.2 Å². The molecule has 0 amide bonds. The molecule has 0 aliphatic heterocycles. The Kier molecular flexibility index (Phi) is 4.95. The van der Waals surface area contributed by atoms with Crippen LogP contribution < -0.4 is 0 Å². The van der Waals surface area contributed by atoms with Crippen molar-refractivity contribution in [2.75, 3.05) is 13.2 Å². The third-order valence-electron chi connectivity index (χ3n) is 1.66. The summed E-state index contributed by atoms with van der Waals surface area (Å²) in [5, 5.41) is 0. The zero-order valence-electron chi connectivity index (χ0n) is 7.72. The highest BCUT2D eigenvalue weighted by Gasteiger charge is 2.14. The Morgan fingerprint density at radius 3 is 2.45 bits per heavy atom. The lowest BCUT2D eigenvalue weighted by atomic mass is 10.1. The fourth-order valence-electron chi connectivity index (χ4n) is 0.551. The standard InChI is InChI=1S/C9H18O2/c1-5-9(3,4)11-8-7-10-6-2/h6H,2,5,7-8H2,1,3-4H3. The Hall–Kier alpha value is -0.500. The molecule has 2 nitrogen and oxygen atoms in total. The van der Waals surface area contributed by atoms with Gasteiger partial charge in [0.2, 0.25) is 0 Å². The molecule has 0 unspecified atom stereocenters. The molecule has 66 valence electrons. The second-order valence-corrected chi connectivity index (χ2v) is 3.00. The van der Waals surface area contributed by atoms with Gasteiger partial charge in [-0.1, -0.05) is 13.5 Å². The third-order valence-corrected chi connectivity index (χ3v) is 1.66. The minimum Gasteiger partial charge on any atom is -0.499 e. The van der Waals surface area contributed by atoms with E-state index in [1.165, 1.54) is 6.26 Å². The zero-order valence-corrected chi connectivity index (χ0v) is 7.72. The van der Waals surface area contributed by atoms with Crippen molar-refractivity contribution >= 4 is 0 Å². The normalized spacial score (nSPS) is 11.2. The van der Waals surface area contributed by atoms with Crippen LogP contribution >= 0.6 is 0 Å². The monoisotopic (exact) mass is 158 g/mol. The Labute approximate surface area is 69.2 Å². The molecule has 0 rings (SSSR count). The van der Waals surface area contributed by atoms with E-state index in [1.807, 2.05) is 0 Å². The van der Waals surface area contributed by atoms with Crippen LogP contribution in [0.15, 0.2) is 12.8 Å². The summed E-state index contributed by atoms with van der Waals surface area (Å²) in [6, 6.07) is 0. The molecule has 0 aliphatic rings. The minimum absolute atomic E-state index is 0.0233. The summed E-state index contributed by atoms with van der Waals surface area (Å²) >= 11 is 0. The maximum absolute atomic E-state index is 5.51. The first kappa shape index (κ1) is 10.5. The average Bonchev–Trinajstić information content (AvgIpc) is 1.99. The van der Waals surface area contributed by atoms with Crippen molar-refractivity contribution in [3.8, 4) is 0 Å². The van der Waals surface area contributed by atoms with Gasteiger partial charge in [0.25, 0.3) is 0 Å². The topological polar surface area (TPSA) is 18.5 Å². The summed E-state index contributed by atoms with van der Waals surface area (Å²) in [5.74, 6) is 0. The van der Waals surface area contributed by atoms with Crippen molar-refractivity contribution in [1.29, 1.82) is 0 Å². The predicted octanol–water partition coefficient (Wildman–Crippen LogP) is 2.35. The van der Waals surface area contributed by atoms with Crippen molar-refractivity contribution in [1.82, 2.24) is 0 Å². The molecule has 0 atom stereocenters. The van der Waals surface area contributed by atoms with Crippen molar-refractivity contribution in [3.05, 3.63) is 12.8 Å². The molecular formula is C9H18O2. The molecule has 0 N–H and O–H groups in total. The summed E-state index contributed by atoms with van der Waals surface area (Å²) in [6.07, 6.45) is 2.45. The number of hydrogen-bond donors (Lipinski definition) is 0. The highest BCUT2D eigenvalue weighted by atomic mass is 16.5. The lowest BCUT2D eigenvalue weighted by Gasteiger charge is -2.22. The largest absolute Gasteiger partial charge is 0.499 e. The average molecular weight is 158 g/mol. The Balaban J connectivity index is 3.29. The quantitative estimate of drug-likeness (QED) is 0.436. The number of ether oxygens (including phenoxy) is 2. The molecule has 0 radical (unpaired) electrons. The van der Waals surface area contributed by atoms with Crippen molar-refractivity contribution in [2.45, 2.75) is 32.8 Å². The van der Waals surface area contributed by atoms with Crippen LogP contribution in [-0.2, 0) is 9.47 Å². The summed E-state index contributed by atoms with van der Waals surface area (Å²) in [7, 11) is 0. The molecule has 0 saturated carbocycles. The van der Waals surface area contributed by atoms with Crippen molar-refractivity contribution < 1.29 is 9.47 Å². The van der Waals surface area contributed by atoms with Crippen LogP contribution in [0.4, 0.5) is 0 Å². The summed E-state index contributed by atoms with van der Waals surface area (Å²) in [5.41, 5.74) is -0.0233. The molecule has 0 aromatic rings. The van der Waals surface area contributed by atoms with Gasteiger partial charge in [0.05, 0.1) is 18.5 Å². The molecule has 0 spiro atoms. The minimum atomic E-state index is -0.0233. The Morgan fingerprint density at radius 2 is 2.00 bits per heavy atom. The van der Waals surface area contributed by atoms with Crippen LogP contribution in [0.25, 0.3) is 0 Å². The van der Waals surface area contributed by atoms with E-state index >= 15 is 0 Å². The van der Waals surface area contributed by atoms with E-state index in [2.05, 4.69) is 27.4 Å². The first-order valence-corrected chi connectivity index (χ1v) is 3.99. The van der Waals surface area contributed by atoms with Gasteiger partial charge in [0, 0.05) is 0 Å². The zero-order chi connectivity index (χ0) is 8.74. The first-order valence-electron chi connectivity index (χ1n) is 3.99. The van der Waals surface area contributed by atoms with Gasteiger partial charge in [0.1, 0.15) is 6.61 Å². The maximum Gasteiger partial charge on any atom is 0.111 e. The molecule has 0 heterocycles. The summed E-state index contributed by atoms with van der Waals surface area (Å²) in [4.78, 5) is 0. The summed E-state index contributed by atoms with van der Waals surface area (Å²) in [6.45, 7) is 10.9. The molecule has 2 heteroatoms. The second kappa shape index (κ2) is 5.19. The van der Waals surface area contributed by atoms with Gasteiger partial charge in [0.15, 0.2) is 0 Å². The van der Waals surface area contributed by atoms with Crippen LogP contribution in [0, 0.1) is 0 Å². The van der Waals surface area contributed by atoms with E-state index in [0.717, 1.165) is 6.42 Å². The molecule has 0 aromatic heterocycles. The van der Waals surface area contributed by atoms with E-state index in [4.69, 9.17) is 9.47 Å². The van der Waals surface area contributed by atoms with Gasteiger partial charge in [-0.05, 0) is 20.3 Å². The van der Waals surface area contributed by atoms with Crippen molar-refractivity contribution in [2.24, 2.45) is 0 Å². The highest BCUT2D eigenvalue weighted by Crippen LogP contribution is 2.12. The van der Waals surface area contributed by atoms with E-state index in [0.29, 0.717) is 13.2 Å². The molecule has 0 aromatic carbocycles. The lowest BCUT2D eigenvalue weighted by Crippen LogP contribution is -2.24. The number of rotatable bonds is 6. The highest BCUT2D eigenvalue weighted by molar-refractivity contribution is 4.64. The smallest absolute Gasteiger partial charge is 0.111 e. The molecule has 0 aliphatic carbocycles. The Bertz CT molecular complexity index is 108. The van der Waals surface area contributed by atoms with Crippen LogP contribution in [0.5, 0.6) is 0 Å². The van der Waals surface area contributed by atoms with E-state index in [1.54, 1.807) is 0 Å². The molecule has 0 fully saturated rings. The van der Waals surface area contributed by atoms with Crippen LogP contribution in [0.2, 0.25) is 0 Å². The first-order chi connectivity index (χ1) is 5.12. The van der Waals surface area contributed by atoms with Gasteiger partial charge in [-0.15, -0.1) is 0 Å². The second-order valence-electron chi connectivity index (χ2n) is 3.00. The maximum atomic E-state index is 5.51. The van der Waals surface area contributed by atoms with Gasteiger partial charge < -0.3 is 9.47 Å². The van der Waals surface area contributed by atoms with Gasteiger partial charge in [-0.3, -0.25) is 0 Å². The molecule has 11 heavy (non-hydrogen) atoms. The molecule has 0 bridgehead atoms. The van der Waals surface area contributed by atoms with Crippen LogP contribution in [-0.4, -0.2) is 18.8 Å². The van der Waals surface area contributed by atoms with Gasteiger partial charge in [-0.25, -0.2) is 0 Å². The summed E-state index contributed by atoms with van der Waals surface area (Å²) < 4.78 is 10.4. The van der Waals surface area contributed by atoms with E-state index < -0.39 is 0 Å². The SMILES string of the molecule is C=COCCOC(C)(C)CC. The van der Waals surface area contributed by atoms with E-state index in [-0.39, 0.29) is 5.60 Å². The fraction of sp³-hybridized carbons (Fsp3) is 0.778. The van der Waals surface area contributed by atoms with Gasteiger partial charge in [-0.2, -0.15) is 0 Å². The fourth-order valence-corrected chi connectivity index (χ4v) is 0.551. The third kappa shape index (κ3) is 5.92. The van der Waals surface area contributed by atoms with Gasteiger partial charge >= 0.3 is 0 Å². The predicted molar refractivity (Wildman–Crippen MR) is 46.5 cm³/mol. The molecular weight excluding hydrogens is 140 g/mol. The van der Waals surface area contributed by atoms with Crippen LogP contribution in [0.3, 0.4) is 0 Å². The number of hydrogen-bond acceptors (Lipinski definition) is 2.